The molecular formula is C19H21ClF3N3O2. The van der Waals surface area contributed by atoms with Crippen molar-refractivity contribution in [1.29, 1.82) is 0 Å². The van der Waals surface area contributed by atoms with Gasteiger partial charge in [0.25, 0.3) is 5.91 Å². The number of anilines is 1. The molecule has 0 aliphatic heterocycles. The first-order chi connectivity index (χ1) is 12.8. The van der Waals surface area contributed by atoms with Crippen LogP contribution in [0.25, 0.3) is 0 Å². The lowest BCUT2D eigenvalue weighted by Crippen LogP contribution is -2.34. The van der Waals surface area contributed by atoms with Crippen LogP contribution < -0.4 is 16.0 Å². The molecule has 9 heteroatoms. The van der Waals surface area contributed by atoms with Gasteiger partial charge in [0, 0.05) is 12.2 Å². The highest BCUT2D eigenvalue weighted by molar-refractivity contribution is 6.00. The average molecular weight is 416 g/mol. The molecule has 2 amide bonds. The van der Waals surface area contributed by atoms with Gasteiger partial charge >= 0.3 is 6.18 Å². The predicted octanol–water partition coefficient (Wildman–Crippen LogP) is 3.61. The number of halogens is 4. The Morgan fingerprint density at radius 1 is 1.00 bits per heavy atom. The van der Waals surface area contributed by atoms with Crippen LogP contribution in [0.3, 0.4) is 0 Å². The largest absolute Gasteiger partial charge is 0.417 e. The zero-order valence-electron chi connectivity index (χ0n) is 15.1. The van der Waals surface area contributed by atoms with Crippen molar-refractivity contribution in [2.45, 2.75) is 19.6 Å². The Labute approximate surface area is 167 Å². The first-order valence-corrected chi connectivity index (χ1v) is 8.35. The summed E-state index contributed by atoms with van der Waals surface area (Å²) in [5, 5.41) is 8.03. The van der Waals surface area contributed by atoms with Crippen LogP contribution in [0, 0.1) is 0 Å². The monoisotopic (exact) mass is 415 g/mol. The van der Waals surface area contributed by atoms with Crippen LogP contribution in [0.4, 0.5) is 18.9 Å². The molecule has 0 saturated carbocycles. The van der Waals surface area contributed by atoms with Crippen molar-refractivity contribution in [2.75, 3.05) is 18.4 Å². The molecule has 2 aromatic rings. The molecule has 2 rings (SSSR count). The van der Waals surface area contributed by atoms with Crippen molar-refractivity contribution in [2.24, 2.45) is 0 Å². The maximum atomic E-state index is 13.0. The first-order valence-electron chi connectivity index (χ1n) is 8.35. The summed E-state index contributed by atoms with van der Waals surface area (Å²) in [5.41, 5.74) is -0.126. The number of carbonyl (C=O) groups excluding carboxylic acids is 2. The van der Waals surface area contributed by atoms with E-state index in [4.69, 9.17) is 0 Å². The second-order valence-electron chi connectivity index (χ2n) is 5.71. The fraction of sp³-hybridized carbons (Fsp3) is 0.263. The van der Waals surface area contributed by atoms with Crippen molar-refractivity contribution < 1.29 is 22.8 Å². The van der Waals surface area contributed by atoms with Gasteiger partial charge in [-0.1, -0.05) is 37.3 Å². The fourth-order valence-electron chi connectivity index (χ4n) is 2.43. The molecule has 3 N–H and O–H groups in total. The van der Waals surface area contributed by atoms with Crippen LogP contribution in [0.2, 0.25) is 0 Å². The Kier molecular flexibility index (Phi) is 8.94. The fourth-order valence-corrected chi connectivity index (χ4v) is 2.43. The molecule has 0 aromatic heterocycles. The molecule has 0 fully saturated rings. The zero-order chi connectivity index (χ0) is 19.9. The second-order valence-corrected chi connectivity index (χ2v) is 5.71. The number of hydrogen-bond donors (Lipinski definition) is 3. The number of benzene rings is 2. The summed E-state index contributed by atoms with van der Waals surface area (Å²) in [4.78, 5) is 24.2. The van der Waals surface area contributed by atoms with Crippen LogP contribution >= 0.6 is 12.4 Å². The van der Waals surface area contributed by atoms with Crippen molar-refractivity contribution in [3.05, 3.63) is 65.2 Å². The van der Waals surface area contributed by atoms with Gasteiger partial charge in [0.05, 0.1) is 17.7 Å². The SMILES string of the molecule is CCNCc1ccccc1NC(=O)CNC(=O)c1ccccc1C(F)(F)F.Cl. The topological polar surface area (TPSA) is 70.2 Å². The number of alkyl halides is 3. The molecule has 0 aliphatic rings. The van der Waals surface area contributed by atoms with E-state index in [2.05, 4.69) is 16.0 Å². The average Bonchev–Trinajstić information content (AvgIpc) is 2.64. The summed E-state index contributed by atoms with van der Waals surface area (Å²) in [7, 11) is 0. The van der Waals surface area contributed by atoms with Crippen molar-refractivity contribution in [1.82, 2.24) is 10.6 Å². The number of carbonyl (C=O) groups is 2. The van der Waals surface area contributed by atoms with Crippen molar-refractivity contribution >= 4 is 29.9 Å². The van der Waals surface area contributed by atoms with Crippen molar-refractivity contribution in [3.63, 3.8) is 0 Å². The van der Waals surface area contributed by atoms with E-state index in [1.54, 1.807) is 12.1 Å². The smallest absolute Gasteiger partial charge is 0.343 e. The molecule has 0 unspecified atom stereocenters. The highest BCUT2D eigenvalue weighted by atomic mass is 35.5. The molecule has 152 valence electrons. The third kappa shape index (κ3) is 6.54. The van der Waals surface area contributed by atoms with Crippen LogP contribution in [-0.4, -0.2) is 24.9 Å². The summed E-state index contributed by atoms with van der Waals surface area (Å²) < 4.78 is 38.9. The van der Waals surface area contributed by atoms with Crippen LogP contribution in [0.5, 0.6) is 0 Å². The van der Waals surface area contributed by atoms with Crippen LogP contribution in [0.1, 0.15) is 28.4 Å². The predicted molar refractivity (Wildman–Crippen MR) is 103 cm³/mol. The standard InChI is InChI=1S/C19H20F3N3O2.ClH/c1-2-23-11-13-7-3-6-10-16(13)25-17(26)12-24-18(27)14-8-4-5-9-15(14)19(20,21)22;/h3-10,23H,2,11-12H2,1H3,(H,24,27)(H,25,26);1H. The molecule has 28 heavy (non-hydrogen) atoms. The molecule has 0 atom stereocenters. The molecular weight excluding hydrogens is 395 g/mol. The van der Waals surface area contributed by atoms with E-state index in [0.29, 0.717) is 12.2 Å². The summed E-state index contributed by atoms with van der Waals surface area (Å²) >= 11 is 0. The third-order valence-electron chi connectivity index (χ3n) is 3.74. The molecule has 0 heterocycles. The quantitative estimate of drug-likeness (QED) is 0.647. The van der Waals surface area contributed by atoms with Gasteiger partial charge in [0.15, 0.2) is 0 Å². The van der Waals surface area contributed by atoms with Crippen LogP contribution in [0.15, 0.2) is 48.5 Å². The van der Waals surface area contributed by atoms with Gasteiger partial charge in [0.1, 0.15) is 0 Å². The highest BCUT2D eigenvalue weighted by Crippen LogP contribution is 2.31. The lowest BCUT2D eigenvalue weighted by atomic mass is 10.1. The Balaban J connectivity index is 0.00000392. The van der Waals surface area contributed by atoms with E-state index in [-0.39, 0.29) is 12.4 Å². The van der Waals surface area contributed by atoms with Gasteiger partial charge in [0.2, 0.25) is 5.91 Å². The molecule has 0 radical (unpaired) electrons. The van der Waals surface area contributed by atoms with Gasteiger partial charge < -0.3 is 16.0 Å². The number of para-hydroxylation sites is 1. The lowest BCUT2D eigenvalue weighted by Gasteiger charge is -2.14. The molecule has 0 bridgehead atoms. The highest BCUT2D eigenvalue weighted by Gasteiger charge is 2.34. The summed E-state index contributed by atoms with van der Waals surface area (Å²) in [6, 6.07) is 11.6. The summed E-state index contributed by atoms with van der Waals surface area (Å²) in [5.74, 6) is -1.49. The summed E-state index contributed by atoms with van der Waals surface area (Å²) in [6.07, 6.45) is -4.65. The van der Waals surface area contributed by atoms with E-state index in [9.17, 15) is 22.8 Å². The van der Waals surface area contributed by atoms with E-state index >= 15 is 0 Å². The van der Waals surface area contributed by atoms with Gasteiger partial charge in [-0.05, 0) is 30.3 Å². The Morgan fingerprint density at radius 2 is 1.64 bits per heavy atom. The minimum Gasteiger partial charge on any atom is -0.343 e. The zero-order valence-corrected chi connectivity index (χ0v) is 15.9. The Morgan fingerprint density at radius 3 is 2.32 bits per heavy atom. The number of amides is 2. The minimum absolute atomic E-state index is 0. The number of rotatable bonds is 7. The number of nitrogens with one attached hydrogen (secondary N) is 3. The minimum atomic E-state index is -4.65. The number of hydrogen-bond acceptors (Lipinski definition) is 3. The maximum Gasteiger partial charge on any atom is 0.417 e. The van der Waals surface area contributed by atoms with E-state index in [0.717, 1.165) is 24.2 Å². The van der Waals surface area contributed by atoms with E-state index in [1.807, 2.05) is 19.1 Å². The van der Waals surface area contributed by atoms with E-state index in [1.165, 1.54) is 12.1 Å². The Hall–Kier alpha value is -2.58. The normalized spacial score (nSPS) is 10.7. The van der Waals surface area contributed by atoms with Gasteiger partial charge in [-0.2, -0.15) is 13.2 Å². The molecule has 5 nitrogen and oxygen atoms in total. The second kappa shape index (κ2) is 10.7. The molecule has 0 saturated heterocycles. The van der Waals surface area contributed by atoms with Gasteiger partial charge in [-0.3, -0.25) is 9.59 Å². The van der Waals surface area contributed by atoms with Gasteiger partial charge in [-0.15, -0.1) is 12.4 Å². The van der Waals surface area contributed by atoms with E-state index < -0.39 is 35.7 Å². The van der Waals surface area contributed by atoms with Crippen LogP contribution in [-0.2, 0) is 17.5 Å². The third-order valence-corrected chi connectivity index (χ3v) is 3.74. The Bertz CT molecular complexity index is 813. The van der Waals surface area contributed by atoms with Gasteiger partial charge in [-0.25, -0.2) is 0 Å². The maximum absolute atomic E-state index is 13.0. The molecule has 0 aliphatic carbocycles. The van der Waals surface area contributed by atoms with Crippen molar-refractivity contribution in [3.8, 4) is 0 Å². The molecule has 0 spiro atoms. The first kappa shape index (κ1) is 23.5. The lowest BCUT2D eigenvalue weighted by molar-refractivity contribution is -0.137. The summed E-state index contributed by atoms with van der Waals surface area (Å²) in [6.45, 7) is 2.82. The molecule has 2 aromatic carbocycles.